The van der Waals surface area contributed by atoms with E-state index in [9.17, 15) is 13.2 Å². The Bertz CT molecular complexity index is 951. The molecule has 1 aliphatic heterocycles. The number of rotatable bonds is 8. The molecule has 2 aromatic carbocycles. The number of carbonyl (C=O) groups is 1. The number of amides is 1. The third-order valence-corrected chi connectivity index (χ3v) is 8.20. The molecule has 0 bridgehead atoms. The molecule has 0 radical (unpaired) electrons. The Morgan fingerprint density at radius 1 is 1.07 bits per heavy atom. The molecule has 7 heteroatoms. The zero-order chi connectivity index (χ0) is 21.6. The summed E-state index contributed by atoms with van der Waals surface area (Å²) >= 11 is 1.72. The van der Waals surface area contributed by atoms with Crippen LogP contribution in [0.2, 0.25) is 0 Å². The summed E-state index contributed by atoms with van der Waals surface area (Å²) in [6.45, 7) is 5.45. The number of hydrogen-bond donors (Lipinski definition) is 1. The maximum atomic E-state index is 12.7. The zero-order valence-corrected chi connectivity index (χ0v) is 19.3. The van der Waals surface area contributed by atoms with Gasteiger partial charge in [-0.05, 0) is 44.4 Å². The first kappa shape index (κ1) is 22.8. The summed E-state index contributed by atoms with van der Waals surface area (Å²) in [7, 11) is -3.36. The van der Waals surface area contributed by atoms with Crippen molar-refractivity contribution in [3.8, 4) is 0 Å². The molecule has 162 valence electrons. The van der Waals surface area contributed by atoms with Crippen LogP contribution in [0.1, 0.15) is 29.5 Å². The van der Waals surface area contributed by atoms with Crippen LogP contribution in [0, 0.1) is 19.8 Å². The van der Waals surface area contributed by atoms with Crippen LogP contribution >= 0.6 is 11.8 Å². The van der Waals surface area contributed by atoms with E-state index < -0.39 is 10.0 Å². The third kappa shape index (κ3) is 6.59. The van der Waals surface area contributed by atoms with Crippen LogP contribution in [0.25, 0.3) is 0 Å². The average Bonchev–Trinajstić information content (AvgIpc) is 2.72. The van der Waals surface area contributed by atoms with Crippen molar-refractivity contribution in [2.75, 3.05) is 25.4 Å². The number of benzene rings is 2. The highest BCUT2D eigenvalue weighted by atomic mass is 32.2. The Morgan fingerprint density at radius 2 is 1.77 bits per heavy atom. The highest BCUT2D eigenvalue weighted by Crippen LogP contribution is 2.22. The summed E-state index contributed by atoms with van der Waals surface area (Å²) in [6.07, 6.45) is 1.15. The van der Waals surface area contributed by atoms with Crippen LogP contribution in [0.3, 0.4) is 0 Å². The third-order valence-electron chi connectivity index (χ3n) is 5.34. The van der Waals surface area contributed by atoms with E-state index in [4.69, 9.17) is 0 Å². The normalized spacial score (nSPS) is 15.8. The van der Waals surface area contributed by atoms with Gasteiger partial charge in [-0.2, -0.15) is 0 Å². The van der Waals surface area contributed by atoms with Gasteiger partial charge in [-0.15, -0.1) is 11.8 Å². The molecule has 3 rings (SSSR count). The maximum absolute atomic E-state index is 12.7. The first-order valence-electron chi connectivity index (χ1n) is 10.3. The second-order valence-electron chi connectivity index (χ2n) is 7.87. The van der Waals surface area contributed by atoms with Gasteiger partial charge in [-0.1, -0.05) is 47.5 Å². The van der Waals surface area contributed by atoms with E-state index >= 15 is 0 Å². The van der Waals surface area contributed by atoms with Crippen LogP contribution in [-0.2, 0) is 20.6 Å². The Labute approximate surface area is 184 Å². The van der Waals surface area contributed by atoms with E-state index in [0.717, 1.165) is 16.9 Å². The Hall–Kier alpha value is -1.83. The number of carbonyl (C=O) groups excluding carboxylic acids is 1. The van der Waals surface area contributed by atoms with Gasteiger partial charge in [0.05, 0.1) is 5.75 Å². The fourth-order valence-corrected chi connectivity index (χ4v) is 5.94. The minimum Gasteiger partial charge on any atom is -0.355 e. The number of nitrogens with zero attached hydrogens (tertiary/aromatic N) is 1. The van der Waals surface area contributed by atoms with Crippen molar-refractivity contribution in [2.45, 2.75) is 37.3 Å². The summed E-state index contributed by atoms with van der Waals surface area (Å²) in [5.74, 6) is 0.760. The van der Waals surface area contributed by atoms with Crippen LogP contribution in [0.5, 0.6) is 0 Å². The lowest BCUT2D eigenvalue weighted by molar-refractivity contribution is -0.125. The summed E-state index contributed by atoms with van der Waals surface area (Å²) in [6, 6.07) is 16.0. The molecule has 1 saturated heterocycles. The molecular weight excluding hydrogens is 416 g/mol. The smallest absolute Gasteiger partial charge is 0.223 e. The number of hydrogen-bond acceptors (Lipinski definition) is 4. The number of thioether (sulfide) groups is 1. The predicted octanol–water partition coefficient (Wildman–Crippen LogP) is 3.75. The predicted molar refractivity (Wildman–Crippen MR) is 123 cm³/mol. The van der Waals surface area contributed by atoms with Crippen molar-refractivity contribution < 1.29 is 13.2 Å². The van der Waals surface area contributed by atoms with Gasteiger partial charge in [-0.3, -0.25) is 4.79 Å². The summed E-state index contributed by atoms with van der Waals surface area (Å²) in [5.41, 5.74) is 3.10. The molecule has 1 N–H and O–H groups in total. The van der Waals surface area contributed by atoms with Gasteiger partial charge >= 0.3 is 0 Å². The molecule has 0 unspecified atom stereocenters. The molecule has 0 aliphatic carbocycles. The van der Waals surface area contributed by atoms with E-state index in [2.05, 4.69) is 36.5 Å². The van der Waals surface area contributed by atoms with Crippen molar-refractivity contribution in [3.05, 3.63) is 65.2 Å². The van der Waals surface area contributed by atoms with Crippen molar-refractivity contribution in [1.29, 1.82) is 0 Å². The monoisotopic (exact) mass is 446 g/mol. The fourth-order valence-electron chi connectivity index (χ4n) is 3.62. The number of aryl methyl sites for hydroxylation is 2. The minimum absolute atomic E-state index is 0.0157. The highest BCUT2D eigenvalue weighted by molar-refractivity contribution is 7.99. The van der Waals surface area contributed by atoms with Crippen molar-refractivity contribution in [2.24, 2.45) is 5.92 Å². The quantitative estimate of drug-likeness (QED) is 0.495. The van der Waals surface area contributed by atoms with E-state index in [1.807, 2.05) is 31.2 Å². The van der Waals surface area contributed by atoms with E-state index in [-0.39, 0.29) is 17.6 Å². The maximum Gasteiger partial charge on any atom is 0.223 e. The molecular formula is C23H30N2O3S2. The number of nitrogens with one attached hydrogen (secondary N) is 1. The molecule has 0 spiro atoms. The van der Waals surface area contributed by atoms with Crippen molar-refractivity contribution >= 4 is 27.7 Å². The van der Waals surface area contributed by atoms with Crippen LogP contribution < -0.4 is 5.32 Å². The largest absolute Gasteiger partial charge is 0.355 e. The van der Waals surface area contributed by atoms with E-state index in [1.165, 1.54) is 14.8 Å². The van der Waals surface area contributed by atoms with Crippen molar-refractivity contribution in [3.63, 3.8) is 0 Å². The number of piperidine rings is 1. The van der Waals surface area contributed by atoms with Gasteiger partial charge in [0.1, 0.15) is 0 Å². The summed E-state index contributed by atoms with van der Waals surface area (Å²) in [4.78, 5) is 13.6. The molecule has 1 fully saturated rings. The molecule has 1 aliphatic rings. The van der Waals surface area contributed by atoms with Gasteiger partial charge in [0.15, 0.2) is 0 Å². The average molecular weight is 447 g/mol. The Kier molecular flexibility index (Phi) is 7.97. The molecule has 30 heavy (non-hydrogen) atoms. The Balaban J connectivity index is 1.40. The zero-order valence-electron chi connectivity index (χ0n) is 17.6. The second-order valence-corrected chi connectivity index (χ2v) is 11.0. The lowest BCUT2D eigenvalue weighted by Gasteiger charge is -2.30. The van der Waals surface area contributed by atoms with Crippen molar-refractivity contribution in [1.82, 2.24) is 9.62 Å². The summed E-state index contributed by atoms with van der Waals surface area (Å²) in [5, 5.41) is 3.01. The molecule has 5 nitrogen and oxygen atoms in total. The van der Waals surface area contributed by atoms with Gasteiger partial charge in [-0.25, -0.2) is 12.7 Å². The summed E-state index contributed by atoms with van der Waals surface area (Å²) < 4.78 is 27.0. The molecule has 1 amide bonds. The molecule has 2 aromatic rings. The molecule has 0 saturated carbocycles. The van der Waals surface area contributed by atoms with Gasteiger partial charge in [0.2, 0.25) is 15.9 Å². The van der Waals surface area contributed by atoms with E-state index in [1.54, 1.807) is 11.8 Å². The fraction of sp³-hybridized carbons (Fsp3) is 0.435. The Morgan fingerprint density at radius 3 is 2.43 bits per heavy atom. The first-order chi connectivity index (χ1) is 14.3. The van der Waals surface area contributed by atoms with Gasteiger partial charge in [0.25, 0.3) is 0 Å². The SMILES string of the molecule is Cc1ccc(SCCNC(=O)C2CCN(S(=O)(=O)Cc3cccc(C)c3)CC2)cc1. The van der Waals surface area contributed by atoms with E-state index in [0.29, 0.717) is 32.5 Å². The molecule has 0 atom stereocenters. The van der Waals surface area contributed by atoms with Crippen LogP contribution in [-0.4, -0.2) is 44.0 Å². The molecule has 0 aromatic heterocycles. The first-order valence-corrected chi connectivity index (χ1v) is 12.9. The standard InChI is InChI=1S/C23H30N2O3S2/c1-18-6-8-22(9-7-18)29-15-12-24-23(26)21-10-13-25(14-11-21)30(27,28)17-20-5-3-4-19(2)16-20/h3-9,16,21H,10-15,17H2,1-2H3,(H,24,26). The molecule has 1 heterocycles. The minimum atomic E-state index is -3.36. The number of sulfonamides is 1. The lowest BCUT2D eigenvalue weighted by atomic mass is 9.97. The lowest BCUT2D eigenvalue weighted by Crippen LogP contribution is -2.43. The van der Waals surface area contributed by atoms with Crippen LogP contribution in [0.15, 0.2) is 53.4 Å². The topological polar surface area (TPSA) is 66.5 Å². The van der Waals surface area contributed by atoms with Crippen LogP contribution in [0.4, 0.5) is 0 Å². The van der Waals surface area contributed by atoms with Gasteiger partial charge < -0.3 is 5.32 Å². The second kappa shape index (κ2) is 10.5. The highest BCUT2D eigenvalue weighted by Gasteiger charge is 2.31. The van der Waals surface area contributed by atoms with Gasteiger partial charge in [0, 0.05) is 36.2 Å².